The highest BCUT2D eigenvalue weighted by Gasteiger charge is 2.26. The van der Waals surface area contributed by atoms with E-state index in [0.29, 0.717) is 32.5 Å². The number of benzene rings is 1. The van der Waals surface area contributed by atoms with Gasteiger partial charge in [0.05, 0.1) is 12.5 Å². The van der Waals surface area contributed by atoms with Crippen molar-refractivity contribution in [1.29, 1.82) is 0 Å². The first kappa shape index (κ1) is 14.8. The number of carbonyl (C=O) groups is 2. The van der Waals surface area contributed by atoms with Crippen molar-refractivity contribution in [3.8, 4) is 0 Å². The molecule has 116 valence electrons. The summed E-state index contributed by atoms with van der Waals surface area (Å²) < 4.78 is 1.22. The summed E-state index contributed by atoms with van der Waals surface area (Å²) >= 11 is 1.68. The smallest absolute Gasteiger partial charge is 0.317 e. The van der Waals surface area contributed by atoms with Crippen LogP contribution in [0.3, 0.4) is 0 Å². The number of thiophene rings is 1. The van der Waals surface area contributed by atoms with Gasteiger partial charge in [-0.05, 0) is 30.4 Å². The third-order valence-corrected chi connectivity index (χ3v) is 5.14. The van der Waals surface area contributed by atoms with E-state index in [1.54, 1.807) is 16.2 Å². The maximum absolute atomic E-state index is 12.1. The van der Waals surface area contributed by atoms with Crippen LogP contribution in [-0.2, 0) is 11.3 Å². The van der Waals surface area contributed by atoms with E-state index in [0.717, 1.165) is 4.88 Å². The van der Waals surface area contributed by atoms with Crippen LogP contribution < -0.4 is 5.32 Å². The van der Waals surface area contributed by atoms with Crippen molar-refractivity contribution in [3.05, 3.63) is 35.2 Å². The first-order chi connectivity index (χ1) is 10.6. The minimum atomic E-state index is -0.759. The molecule has 1 aromatic heterocycles. The molecule has 1 aliphatic rings. The Morgan fingerprint density at radius 1 is 1.27 bits per heavy atom. The Bertz CT molecular complexity index is 657. The standard InChI is InChI=1S/C16H18N2O3S/c19-15(20)11-5-7-18(8-6-11)16(21)17-10-13-9-12-3-1-2-4-14(12)22-13/h1-4,9,11H,5-8,10H2,(H,17,21)(H,19,20). The molecule has 22 heavy (non-hydrogen) atoms. The van der Waals surface area contributed by atoms with Gasteiger partial charge >= 0.3 is 12.0 Å². The fraction of sp³-hybridized carbons (Fsp3) is 0.375. The number of carbonyl (C=O) groups excluding carboxylic acids is 1. The van der Waals surface area contributed by atoms with E-state index in [2.05, 4.69) is 23.5 Å². The number of hydrogen-bond acceptors (Lipinski definition) is 3. The summed E-state index contributed by atoms with van der Waals surface area (Å²) in [6.45, 7) is 1.53. The lowest BCUT2D eigenvalue weighted by atomic mass is 9.97. The number of likely N-dealkylation sites (tertiary alicyclic amines) is 1. The molecule has 0 atom stereocenters. The number of fused-ring (bicyclic) bond motifs is 1. The van der Waals surface area contributed by atoms with E-state index >= 15 is 0 Å². The van der Waals surface area contributed by atoms with Gasteiger partial charge in [-0.3, -0.25) is 4.79 Å². The van der Waals surface area contributed by atoms with Gasteiger partial charge in [0, 0.05) is 22.7 Å². The molecular weight excluding hydrogens is 300 g/mol. The number of carboxylic acids is 1. The SMILES string of the molecule is O=C(O)C1CCN(C(=O)NCc2cc3ccccc3s2)CC1. The zero-order valence-electron chi connectivity index (χ0n) is 12.1. The molecule has 0 aliphatic carbocycles. The number of aliphatic carboxylic acids is 1. The van der Waals surface area contributed by atoms with Gasteiger partial charge in [0.15, 0.2) is 0 Å². The second kappa shape index (κ2) is 6.36. The van der Waals surface area contributed by atoms with E-state index in [9.17, 15) is 9.59 Å². The summed E-state index contributed by atoms with van der Waals surface area (Å²) in [5, 5.41) is 13.1. The average molecular weight is 318 g/mol. The van der Waals surface area contributed by atoms with Gasteiger partial charge in [0.2, 0.25) is 0 Å². The van der Waals surface area contributed by atoms with Crippen LogP contribution in [-0.4, -0.2) is 35.1 Å². The predicted molar refractivity (Wildman–Crippen MR) is 86.0 cm³/mol. The Kier molecular flexibility index (Phi) is 4.29. The Morgan fingerprint density at radius 3 is 2.68 bits per heavy atom. The lowest BCUT2D eigenvalue weighted by Crippen LogP contribution is -2.45. The van der Waals surface area contributed by atoms with Gasteiger partial charge in [-0.1, -0.05) is 18.2 Å². The highest BCUT2D eigenvalue weighted by Crippen LogP contribution is 2.25. The maximum atomic E-state index is 12.1. The fourth-order valence-corrected chi connectivity index (χ4v) is 3.73. The van der Waals surface area contributed by atoms with E-state index in [-0.39, 0.29) is 11.9 Å². The summed E-state index contributed by atoms with van der Waals surface area (Å²) in [6.07, 6.45) is 1.07. The van der Waals surface area contributed by atoms with Gasteiger partial charge in [-0.2, -0.15) is 0 Å². The monoisotopic (exact) mass is 318 g/mol. The fourth-order valence-electron chi connectivity index (χ4n) is 2.73. The number of nitrogens with one attached hydrogen (secondary N) is 1. The third-order valence-electron chi connectivity index (χ3n) is 4.02. The molecule has 1 aromatic carbocycles. The molecule has 0 spiro atoms. The molecule has 0 bridgehead atoms. The van der Waals surface area contributed by atoms with Crippen LogP contribution in [0.25, 0.3) is 10.1 Å². The lowest BCUT2D eigenvalue weighted by Gasteiger charge is -2.30. The molecule has 1 saturated heterocycles. The lowest BCUT2D eigenvalue weighted by molar-refractivity contribution is -0.143. The van der Waals surface area contributed by atoms with Gasteiger partial charge < -0.3 is 15.3 Å². The van der Waals surface area contributed by atoms with Crippen LogP contribution in [0.1, 0.15) is 17.7 Å². The van der Waals surface area contributed by atoms with Crippen LogP contribution in [0.2, 0.25) is 0 Å². The van der Waals surface area contributed by atoms with Crippen LogP contribution in [0.4, 0.5) is 4.79 Å². The number of urea groups is 1. The van der Waals surface area contributed by atoms with E-state index in [1.165, 1.54) is 10.1 Å². The topological polar surface area (TPSA) is 69.6 Å². The maximum Gasteiger partial charge on any atom is 0.317 e. The number of hydrogen-bond donors (Lipinski definition) is 2. The summed E-state index contributed by atoms with van der Waals surface area (Å²) in [7, 11) is 0. The Hall–Kier alpha value is -2.08. The molecule has 2 heterocycles. The second-order valence-corrected chi connectivity index (χ2v) is 6.68. The molecule has 5 nitrogen and oxygen atoms in total. The minimum Gasteiger partial charge on any atom is -0.481 e. The van der Waals surface area contributed by atoms with Crippen molar-refractivity contribution < 1.29 is 14.7 Å². The van der Waals surface area contributed by atoms with Gasteiger partial charge in [-0.15, -0.1) is 11.3 Å². The molecule has 2 N–H and O–H groups in total. The van der Waals surface area contributed by atoms with Crippen molar-refractivity contribution in [2.45, 2.75) is 19.4 Å². The predicted octanol–water partition coefficient (Wildman–Crippen LogP) is 2.91. The second-order valence-electron chi connectivity index (χ2n) is 5.51. The average Bonchev–Trinajstić information content (AvgIpc) is 2.95. The first-order valence-corrected chi connectivity index (χ1v) is 8.18. The highest BCUT2D eigenvalue weighted by atomic mass is 32.1. The van der Waals surface area contributed by atoms with E-state index in [1.807, 2.05) is 12.1 Å². The minimum absolute atomic E-state index is 0.110. The van der Waals surface area contributed by atoms with Crippen molar-refractivity contribution in [3.63, 3.8) is 0 Å². The molecule has 2 aromatic rings. The first-order valence-electron chi connectivity index (χ1n) is 7.36. The van der Waals surface area contributed by atoms with Crippen molar-refractivity contribution in [2.75, 3.05) is 13.1 Å². The quantitative estimate of drug-likeness (QED) is 0.914. The number of rotatable bonds is 3. The zero-order valence-corrected chi connectivity index (χ0v) is 12.9. The number of nitrogens with zero attached hydrogens (tertiary/aromatic N) is 1. The molecule has 0 radical (unpaired) electrons. The number of carboxylic acid groups (broad SMARTS) is 1. The normalized spacial score (nSPS) is 15.9. The molecular formula is C16H18N2O3S. The van der Waals surface area contributed by atoms with Gasteiger partial charge in [0.25, 0.3) is 0 Å². The molecule has 1 aliphatic heterocycles. The highest BCUT2D eigenvalue weighted by molar-refractivity contribution is 7.19. The van der Waals surface area contributed by atoms with Gasteiger partial charge in [0.1, 0.15) is 0 Å². The van der Waals surface area contributed by atoms with Gasteiger partial charge in [-0.25, -0.2) is 4.79 Å². The Morgan fingerprint density at radius 2 is 2.00 bits per heavy atom. The summed E-state index contributed by atoms with van der Waals surface area (Å²) in [6, 6.07) is 10.1. The van der Waals surface area contributed by atoms with Crippen LogP contribution in [0, 0.1) is 5.92 Å². The molecule has 0 unspecified atom stereocenters. The molecule has 6 heteroatoms. The van der Waals surface area contributed by atoms with Crippen LogP contribution in [0.5, 0.6) is 0 Å². The van der Waals surface area contributed by atoms with Crippen molar-refractivity contribution in [1.82, 2.24) is 10.2 Å². The van der Waals surface area contributed by atoms with Crippen molar-refractivity contribution >= 4 is 33.4 Å². The molecule has 0 saturated carbocycles. The Labute approximate surface area is 132 Å². The summed E-state index contributed by atoms with van der Waals surface area (Å²) in [4.78, 5) is 25.9. The summed E-state index contributed by atoms with van der Waals surface area (Å²) in [5.41, 5.74) is 0. The Balaban J connectivity index is 1.53. The molecule has 2 amide bonds. The van der Waals surface area contributed by atoms with E-state index < -0.39 is 5.97 Å². The van der Waals surface area contributed by atoms with E-state index in [4.69, 9.17) is 5.11 Å². The number of piperidine rings is 1. The largest absolute Gasteiger partial charge is 0.481 e. The van der Waals surface area contributed by atoms with Crippen molar-refractivity contribution in [2.24, 2.45) is 5.92 Å². The van der Waals surface area contributed by atoms with Crippen LogP contribution >= 0.6 is 11.3 Å². The number of amides is 2. The van der Waals surface area contributed by atoms with Crippen LogP contribution in [0.15, 0.2) is 30.3 Å². The molecule has 1 fully saturated rings. The third kappa shape index (κ3) is 3.22. The summed E-state index contributed by atoms with van der Waals surface area (Å²) in [5.74, 6) is -1.07. The molecule has 3 rings (SSSR count). The zero-order chi connectivity index (χ0) is 15.5.